The van der Waals surface area contributed by atoms with Crippen molar-refractivity contribution in [2.45, 2.75) is 57.3 Å². The molecule has 1 heterocycles. The van der Waals surface area contributed by atoms with E-state index in [-0.39, 0.29) is 31.3 Å². The van der Waals surface area contributed by atoms with Gasteiger partial charge in [0.15, 0.2) is 0 Å². The number of rotatable bonds is 2. The van der Waals surface area contributed by atoms with Crippen LogP contribution in [0.25, 0.3) is 0 Å². The highest BCUT2D eigenvalue weighted by Crippen LogP contribution is 2.32. The maximum Gasteiger partial charge on any atom is 0.393 e. The summed E-state index contributed by atoms with van der Waals surface area (Å²) >= 11 is 0. The van der Waals surface area contributed by atoms with Gasteiger partial charge in [0.25, 0.3) is 0 Å². The van der Waals surface area contributed by atoms with Crippen LogP contribution < -0.4 is 10.6 Å². The molecular formula is C13H21F3N2O. The first-order chi connectivity index (χ1) is 8.86. The Labute approximate surface area is 111 Å². The highest BCUT2D eigenvalue weighted by Gasteiger charge is 2.42. The molecule has 0 aromatic heterocycles. The zero-order valence-corrected chi connectivity index (χ0v) is 11.1. The summed E-state index contributed by atoms with van der Waals surface area (Å²) in [6.07, 6.45) is -0.795. The number of hydrogen-bond donors (Lipinski definition) is 2. The van der Waals surface area contributed by atoms with E-state index in [4.69, 9.17) is 0 Å². The van der Waals surface area contributed by atoms with Crippen LogP contribution in [-0.4, -0.2) is 30.7 Å². The molecule has 3 nitrogen and oxygen atoms in total. The summed E-state index contributed by atoms with van der Waals surface area (Å²) in [6, 6.07) is -0.265. The lowest BCUT2D eigenvalue weighted by molar-refractivity contribution is -0.180. The lowest BCUT2D eigenvalue weighted by atomic mass is 9.93. The zero-order chi connectivity index (χ0) is 14.0. The molecule has 1 aliphatic carbocycles. The average molecular weight is 278 g/mol. The van der Waals surface area contributed by atoms with E-state index in [1.807, 2.05) is 0 Å². The smallest absolute Gasteiger partial charge is 0.352 e. The maximum absolute atomic E-state index is 12.5. The Morgan fingerprint density at radius 1 is 1.21 bits per heavy atom. The summed E-state index contributed by atoms with van der Waals surface area (Å²) in [5.74, 6) is -0.831. The Bertz CT molecular complexity index is 324. The fourth-order valence-electron chi connectivity index (χ4n) is 3.00. The number of carbonyl (C=O) groups is 1. The second kappa shape index (κ2) is 5.69. The van der Waals surface area contributed by atoms with Crippen LogP contribution in [0.15, 0.2) is 0 Å². The van der Waals surface area contributed by atoms with E-state index in [9.17, 15) is 18.0 Å². The molecule has 1 aliphatic heterocycles. The Balaban J connectivity index is 1.76. The largest absolute Gasteiger partial charge is 0.393 e. The molecule has 2 N–H and O–H groups in total. The minimum absolute atomic E-state index is 0.0374. The molecule has 4 unspecified atom stereocenters. The first-order valence-electron chi connectivity index (χ1n) is 6.96. The fourth-order valence-corrected chi connectivity index (χ4v) is 3.00. The van der Waals surface area contributed by atoms with E-state index in [1.165, 1.54) is 0 Å². The number of halogens is 3. The second-order valence-corrected chi connectivity index (χ2v) is 5.90. The SMILES string of the molecule is CC1CCC(NC(=O)C2CCC(C(F)(F)F)CN2)C1. The molecule has 110 valence electrons. The van der Waals surface area contributed by atoms with Crippen molar-refractivity contribution in [1.29, 1.82) is 0 Å². The standard InChI is InChI=1S/C13H21F3N2O/c1-8-2-4-10(6-8)18-12(19)11-5-3-9(7-17-11)13(14,15)16/h8-11,17H,2-7H2,1H3,(H,18,19). The van der Waals surface area contributed by atoms with Crippen molar-refractivity contribution in [3.8, 4) is 0 Å². The number of amides is 1. The normalized spacial score (nSPS) is 36.2. The van der Waals surface area contributed by atoms with Crippen molar-refractivity contribution in [3.63, 3.8) is 0 Å². The van der Waals surface area contributed by atoms with Crippen molar-refractivity contribution in [2.24, 2.45) is 11.8 Å². The third kappa shape index (κ3) is 3.84. The Morgan fingerprint density at radius 2 is 1.95 bits per heavy atom. The van der Waals surface area contributed by atoms with Gasteiger partial charge in [-0.15, -0.1) is 0 Å². The van der Waals surface area contributed by atoms with E-state index in [1.54, 1.807) is 0 Å². The predicted octanol–water partition coefficient (Wildman–Crippen LogP) is 2.22. The number of alkyl halides is 3. The first-order valence-corrected chi connectivity index (χ1v) is 6.96. The van der Waals surface area contributed by atoms with Crippen molar-refractivity contribution in [2.75, 3.05) is 6.54 Å². The molecule has 0 radical (unpaired) electrons. The zero-order valence-electron chi connectivity index (χ0n) is 11.1. The highest BCUT2D eigenvalue weighted by molar-refractivity contribution is 5.82. The van der Waals surface area contributed by atoms with E-state index < -0.39 is 18.1 Å². The minimum Gasteiger partial charge on any atom is -0.352 e. The summed E-state index contributed by atoms with van der Waals surface area (Å²) in [4.78, 5) is 12.0. The molecule has 0 spiro atoms. The monoisotopic (exact) mass is 278 g/mol. The molecule has 6 heteroatoms. The van der Waals surface area contributed by atoms with Gasteiger partial charge in [-0.05, 0) is 38.0 Å². The molecule has 2 rings (SSSR count). The molecule has 1 amide bonds. The summed E-state index contributed by atoms with van der Waals surface area (Å²) in [5, 5.41) is 5.68. The molecule has 2 aliphatic rings. The van der Waals surface area contributed by atoms with Gasteiger partial charge in [0.05, 0.1) is 12.0 Å². The van der Waals surface area contributed by atoms with Crippen molar-refractivity contribution < 1.29 is 18.0 Å². The lowest BCUT2D eigenvalue weighted by Gasteiger charge is -2.31. The van der Waals surface area contributed by atoms with Gasteiger partial charge in [-0.25, -0.2) is 0 Å². The number of hydrogen-bond acceptors (Lipinski definition) is 2. The van der Waals surface area contributed by atoms with Gasteiger partial charge in [0, 0.05) is 12.6 Å². The van der Waals surface area contributed by atoms with E-state index in [0.717, 1.165) is 19.3 Å². The molecule has 0 aromatic carbocycles. The lowest BCUT2D eigenvalue weighted by Crippen LogP contribution is -2.52. The van der Waals surface area contributed by atoms with E-state index in [0.29, 0.717) is 5.92 Å². The van der Waals surface area contributed by atoms with Crippen LogP contribution >= 0.6 is 0 Å². The van der Waals surface area contributed by atoms with Crippen LogP contribution in [0.2, 0.25) is 0 Å². The van der Waals surface area contributed by atoms with E-state index in [2.05, 4.69) is 17.6 Å². The highest BCUT2D eigenvalue weighted by atomic mass is 19.4. The van der Waals surface area contributed by atoms with Crippen molar-refractivity contribution >= 4 is 5.91 Å². The molecule has 1 saturated carbocycles. The minimum atomic E-state index is -4.16. The molecule has 0 bridgehead atoms. The number of carbonyl (C=O) groups excluding carboxylic acids is 1. The topological polar surface area (TPSA) is 41.1 Å². The third-order valence-corrected chi connectivity index (χ3v) is 4.24. The third-order valence-electron chi connectivity index (χ3n) is 4.24. The fraction of sp³-hybridized carbons (Fsp3) is 0.923. The number of nitrogens with one attached hydrogen (secondary N) is 2. The Hall–Kier alpha value is -0.780. The van der Waals surface area contributed by atoms with Crippen LogP contribution in [0.3, 0.4) is 0 Å². The van der Waals surface area contributed by atoms with Gasteiger partial charge < -0.3 is 10.6 Å². The summed E-state index contributed by atoms with van der Waals surface area (Å²) in [6.45, 7) is 2.00. The van der Waals surface area contributed by atoms with Gasteiger partial charge in [-0.2, -0.15) is 13.2 Å². The molecule has 2 fully saturated rings. The molecular weight excluding hydrogens is 257 g/mol. The van der Waals surface area contributed by atoms with Crippen LogP contribution in [0.5, 0.6) is 0 Å². The Morgan fingerprint density at radius 3 is 2.42 bits per heavy atom. The van der Waals surface area contributed by atoms with Crippen molar-refractivity contribution in [1.82, 2.24) is 10.6 Å². The van der Waals surface area contributed by atoms with Crippen LogP contribution in [-0.2, 0) is 4.79 Å². The summed E-state index contributed by atoms with van der Waals surface area (Å²) < 4.78 is 37.5. The average Bonchev–Trinajstić information content (AvgIpc) is 2.74. The molecule has 0 aromatic rings. The van der Waals surface area contributed by atoms with Crippen LogP contribution in [0.1, 0.15) is 39.0 Å². The van der Waals surface area contributed by atoms with Gasteiger partial charge in [-0.3, -0.25) is 4.79 Å². The van der Waals surface area contributed by atoms with Gasteiger partial charge in [0.2, 0.25) is 5.91 Å². The van der Waals surface area contributed by atoms with Gasteiger partial charge in [0.1, 0.15) is 0 Å². The number of piperidine rings is 1. The van der Waals surface area contributed by atoms with Gasteiger partial charge in [-0.1, -0.05) is 6.92 Å². The van der Waals surface area contributed by atoms with Crippen LogP contribution in [0, 0.1) is 11.8 Å². The molecule has 1 saturated heterocycles. The van der Waals surface area contributed by atoms with Gasteiger partial charge >= 0.3 is 6.18 Å². The van der Waals surface area contributed by atoms with Crippen molar-refractivity contribution in [3.05, 3.63) is 0 Å². The first kappa shape index (κ1) is 14.6. The quantitative estimate of drug-likeness (QED) is 0.813. The van der Waals surface area contributed by atoms with E-state index >= 15 is 0 Å². The molecule has 4 atom stereocenters. The Kier molecular flexibility index (Phi) is 4.38. The van der Waals surface area contributed by atoms with Crippen LogP contribution in [0.4, 0.5) is 13.2 Å². The predicted molar refractivity (Wildman–Crippen MR) is 65.5 cm³/mol. The maximum atomic E-state index is 12.5. The summed E-state index contributed by atoms with van der Waals surface area (Å²) in [5.41, 5.74) is 0. The summed E-state index contributed by atoms with van der Waals surface area (Å²) in [7, 11) is 0. The second-order valence-electron chi connectivity index (χ2n) is 5.90. The molecule has 19 heavy (non-hydrogen) atoms.